The van der Waals surface area contributed by atoms with Crippen LogP contribution in [0.2, 0.25) is 5.02 Å². The minimum absolute atomic E-state index is 0.0114. The van der Waals surface area contributed by atoms with Crippen molar-refractivity contribution in [2.45, 2.75) is 19.3 Å². The van der Waals surface area contributed by atoms with Gasteiger partial charge in [0.2, 0.25) is 5.91 Å². The van der Waals surface area contributed by atoms with Crippen molar-refractivity contribution in [2.75, 3.05) is 32.8 Å². The Kier molecular flexibility index (Phi) is 5.54. The lowest BCUT2D eigenvalue weighted by Crippen LogP contribution is -2.37. The van der Waals surface area contributed by atoms with Crippen LogP contribution in [0.4, 0.5) is 5.69 Å². The zero-order chi connectivity index (χ0) is 22.3. The Morgan fingerprint density at radius 3 is 2.32 bits per heavy atom. The van der Waals surface area contributed by atoms with Crippen molar-refractivity contribution in [2.24, 2.45) is 0 Å². The van der Waals surface area contributed by atoms with Gasteiger partial charge in [0.05, 0.1) is 38.3 Å². The van der Waals surface area contributed by atoms with E-state index in [9.17, 15) is 9.59 Å². The van der Waals surface area contributed by atoms with Crippen LogP contribution in [-0.4, -0.2) is 39.8 Å². The lowest BCUT2D eigenvalue weighted by molar-refractivity contribution is -0.136. The molecule has 2 heterocycles. The highest BCUT2D eigenvalue weighted by Gasteiger charge is 2.44. The highest BCUT2D eigenvalue weighted by molar-refractivity contribution is 6.31. The molecule has 0 saturated heterocycles. The summed E-state index contributed by atoms with van der Waals surface area (Å²) in [4.78, 5) is 27.5. The molecule has 0 bridgehead atoms. The third-order valence-electron chi connectivity index (χ3n) is 5.64. The van der Waals surface area contributed by atoms with Crippen LogP contribution in [0.1, 0.15) is 23.5 Å². The molecule has 0 fully saturated rings. The number of hydrogen-bond donors (Lipinski definition) is 0. The molecule has 31 heavy (non-hydrogen) atoms. The first-order valence-electron chi connectivity index (χ1n) is 9.68. The first kappa shape index (κ1) is 21.1. The fraction of sp³-hybridized carbons (Fsp3) is 0.304. The van der Waals surface area contributed by atoms with Gasteiger partial charge in [-0.2, -0.15) is 0 Å². The van der Waals surface area contributed by atoms with Crippen molar-refractivity contribution in [1.29, 1.82) is 0 Å². The number of aryl methyl sites for hydroxylation is 1. The number of carbonyl (C=O) groups is 2. The van der Waals surface area contributed by atoms with E-state index >= 15 is 0 Å². The average Bonchev–Trinajstić information content (AvgIpc) is 3.15. The summed E-state index contributed by atoms with van der Waals surface area (Å²) in [5.74, 6) is 0.306. The zero-order valence-electron chi connectivity index (χ0n) is 17.7. The Balaban J connectivity index is 1.87. The molecule has 0 aromatic heterocycles. The summed E-state index contributed by atoms with van der Waals surface area (Å²) in [7, 11) is 4.58. The Morgan fingerprint density at radius 1 is 1.00 bits per heavy atom. The number of benzene rings is 2. The lowest BCUT2D eigenvalue weighted by atomic mass is 9.83. The molecule has 1 unspecified atom stereocenters. The summed E-state index contributed by atoms with van der Waals surface area (Å²) in [6, 6.07) is 8.80. The summed E-state index contributed by atoms with van der Waals surface area (Å²) in [5, 5.41) is 0.543. The number of nitrogens with zero attached hydrogens (tertiary/aromatic N) is 1. The summed E-state index contributed by atoms with van der Waals surface area (Å²) in [6.07, 6.45) is 0.0608. The fourth-order valence-electron chi connectivity index (χ4n) is 4.07. The van der Waals surface area contributed by atoms with E-state index in [1.165, 1.54) is 26.2 Å². The Labute approximate surface area is 185 Å². The molecule has 0 aliphatic carbocycles. The maximum absolute atomic E-state index is 13.3. The van der Waals surface area contributed by atoms with E-state index in [0.717, 1.165) is 5.56 Å². The van der Waals surface area contributed by atoms with Crippen LogP contribution in [0.15, 0.2) is 41.6 Å². The molecule has 1 atom stereocenters. The Bertz CT molecular complexity index is 1110. The third kappa shape index (κ3) is 3.49. The summed E-state index contributed by atoms with van der Waals surface area (Å²) < 4.78 is 21.7. The third-order valence-corrected chi connectivity index (χ3v) is 6.05. The zero-order valence-corrected chi connectivity index (χ0v) is 18.4. The monoisotopic (exact) mass is 443 g/mol. The molecule has 0 spiro atoms. The predicted octanol–water partition coefficient (Wildman–Crippen LogP) is 4.01. The largest absolute Gasteiger partial charge is 0.496 e. The summed E-state index contributed by atoms with van der Waals surface area (Å²) in [6.45, 7) is 1.90. The second-order valence-electron chi connectivity index (χ2n) is 7.30. The predicted molar refractivity (Wildman–Crippen MR) is 115 cm³/mol. The second-order valence-corrected chi connectivity index (χ2v) is 7.71. The van der Waals surface area contributed by atoms with Gasteiger partial charge in [-0.3, -0.25) is 9.69 Å². The van der Waals surface area contributed by atoms with Crippen molar-refractivity contribution >= 4 is 29.2 Å². The van der Waals surface area contributed by atoms with E-state index in [1.54, 1.807) is 18.2 Å². The van der Waals surface area contributed by atoms with Gasteiger partial charge in [0, 0.05) is 29.0 Å². The number of anilines is 1. The summed E-state index contributed by atoms with van der Waals surface area (Å²) in [5.41, 5.74) is 3.10. The van der Waals surface area contributed by atoms with Crippen LogP contribution in [0.3, 0.4) is 0 Å². The maximum Gasteiger partial charge on any atom is 0.336 e. The molecule has 1 amide bonds. The van der Waals surface area contributed by atoms with Gasteiger partial charge in [-0.15, -0.1) is 0 Å². The highest BCUT2D eigenvalue weighted by atomic mass is 35.5. The minimum Gasteiger partial charge on any atom is -0.496 e. The SMILES string of the molecule is COc1cc(OC)c(C2CC(=O)N(c3ccc(C)c(Cl)c3)C3=C2C(=O)OC3)cc1OC. The van der Waals surface area contributed by atoms with E-state index in [-0.39, 0.29) is 18.9 Å². The van der Waals surface area contributed by atoms with Gasteiger partial charge in [-0.25, -0.2) is 4.79 Å². The quantitative estimate of drug-likeness (QED) is 0.650. The fourth-order valence-corrected chi connectivity index (χ4v) is 4.24. The molecule has 7 nitrogen and oxygen atoms in total. The normalized spacial score (nSPS) is 18.1. The molecule has 0 N–H and O–H groups in total. The molecule has 0 radical (unpaired) electrons. The van der Waals surface area contributed by atoms with Gasteiger partial charge in [0.15, 0.2) is 11.5 Å². The maximum atomic E-state index is 13.3. The van der Waals surface area contributed by atoms with Crippen LogP contribution in [0, 0.1) is 6.92 Å². The molecular formula is C23H22ClNO6. The molecule has 162 valence electrons. The molecule has 2 aromatic carbocycles. The van der Waals surface area contributed by atoms with Gasteiger partial charge < -0.3 is 18.9 Å². The van der Waals surface area contributed by atoms with Crippen LogP contribution in [-0.2, 0) is 14.3 Å². The molecule has 2 aromatic rings. The van der Waals surface area contributed by atoms with E-state index in [1.807, 2.05) is 19.1 Å². The van der Waals surface area contributed by atoms with Crippen LogP contribution in [0.5, 0.6) is 17.2 Å². The standard InChI is InChI=1S/C23H22ClNO6/c1-12-5-6-13(7-16(12)24)25-17-11-31-23(27)22(17)15(9-21(25)26)14-8-19(29-3)20(30-4)10-18(14)28-2/h5-8,10,15H,9,11H2,1-4H3. The topological polar surface area (TPSA) is 74.3 Å². The molecule has 2 aliphatic rings. The smallest absolute Gasteiger partial charge is 0.336 e. The average molecular weight is 444 g/mol. The van der Waals surface area contributed by atoms with E-state index in [2.05, 4.69) is 0 Å². The number of rotatable bonds is 5. The van der Waals surface area contributed by atoms with Crippen molar-refractivity contribution in [3.8, 4) is 17.2 Å². The first-order chi connectivity index (χ1) is 14.9. The second kappa shape index (κ2) is 8.15. The lowest BCUT2D eigenvalue weighted by Gasteiger charge is -2.32. The molecule has 4 rings (SSSR count). The van der Waals surface area contributed by atoms with Gasteiger partial charge >= 0.3 is 5.97 Å². The molecule has 2 aliphatic heterocycles. The van der Waals surface area contributed by atoms with Gasteiger partial charge in [0.1, 0.15) is 12.4 Å². The van der Waals surface area contributed by atoms with Crippen molar-refractivity contribution in [1.82, 2.24) is 0 Å². The number of hydrogen-bond acceptors (Lipinski definition) is 6. The van der Waals surface area contributed by atoms with Crippen molar-refractivity contribution in [3.05, 3.63) is 57.8 Å². The van der Waals surface area contributed by atoms with Crippen molar-refractivity contribution < 1.29 is 28.5 Å². The number of amides is 1. The minimum atomic E-state index is -0.538. The number of cyclic esters (lactones) is 1. The molecule has 0 saturated carbocycles. The van der Waals surface area contributed by atoms with Gasteiger partial charge in [-0.05, 0) is 30.7 Å². The van der Waals surface area contributed by atoms with E-state index in [4.69, 9.17) is 30.5 Å². The van der Waals surface area contributed by atoms with E-state index < -0.39 is 11.9 Å². The number of halogens is 1. The number of esters is 1. The van der Waals surface area contributed by atoms with E-state index in [0.29, 0.717) is 44.8 Å². The molecule has 8 heteroatoms. The van der Waals surface area contributed by atoms with Gasteiger partial charge in [-0.1, -0.05) is 17.7 Å². The highest BCUT2D eigenvalue weighted by Crippen LogP contribution is 2.47. The van der Waals surface area contributed by atoms with Crippen LogP contribution >= 0.6 is 11.6 Å². The van der Waals surface area contributed by atoms with Crippen LogP contribution < -0.4 is 19.1 Å². The summed E-state index contributed by atoms with van der Waals surface area (Å²) >= 11 is 6.28. The Morgan fingerprint density at radius 2 is 1.68 bits per heavy atom. The number of carbonyl (C=O) groups excluding carboxylic acids is 2. The van der Waals surface area contributed by atoms with Crippen LogP contribution in [0.25, 0.3) is 0 Å². The number of ether oxygens (including phenoxy) is 4. The first-order valence-corrected chi connectivity index (χ1v) is 10.1. The van der Waals surface area contributed by atoms with Crippen molar-refractivity contribution in [3.63, 3.8) is 0 Å². The molecular weight excluding hydrogens is 422 g/mol. The number of methoxy groups -OCH3 is 3. The Hall–Kier alpha value is -3.19. The van der Waals surface area contributed by atoms with Gasteiger partial charge in [0.25, 0.3) is 0 Å².